The van der Waals surface area contributed by atoms with Gasteiger partial charge in [-0.25, -0.2) is 0 Å². The fourth-order valence-corrected chi connectivity index (χ4v) is 12.4. The molecular weight excluding hydrogens is 822 g/mol. The van der Waals surface area contributed by atoms with E-state index in [9.17, 15) is 0 Å². The zero-order valence-corrected chi connectivity index (χ0v) is 38.3. The standard InChI is InChI=1S/C64H46BN3/c1-41-26-30-46(31-27-41)67-59-34-28-42(2)36-57(59)65-58-37-43(3)29-35-60(58)68(62-40-48(39-61(67)63(62)65)66(44-16-6-4-7-17-44)45-18-8-5-9-19-45)47-32-33-56-52(38-47)51-22-12-15-25-55(51)64(56)53-23-13-10-20-49(53)50-21-11-14-24-54(50)64/h4-40H,1-3H3. The second-order valence-corrected chi connectivity index (χ2v) is 19.1. The highest BCUT2D eigenvalue weighted by Crippen LogP contribution is 2.63. The van der Waals surface area contributed by atoms with Gasteiger partial charge in [-0.15, -0.1) is 0 Å². The summed E-state index contributed by atoms with van der Waals surface area (Å²) in [5.74, 6) is 0. The maximum absolute atomic E-state index is 2.58. The molecule has 0 amide bonds. The smallest absolute Gasteiger partial charge is 0.252 e. The molecule has 0 unspecified atom stereocenters. The number of rotatable bonds is 5. The molecule has 0 aromatic heterocycles. The minimum atomic E-state index is -0.416. The van der Waals surface area contributed by atoms with Crippen LogP contribution >= 0.6 is 0 Å². The molecule has 3 nitrogen and oxygen atoms in total. The highest BCUT2D eigenvalue weighted by molar-refractivity contribution is 7.00. The Morgan fingerprint density at radius 1 is 0.338 bits per heavy atom. The summed E-state index contributed by atoms with van der Waals surface area (Å²) < 4.78 is 0. The predicted octanol–water partition coefficient (Wildman–Crippen LogP) is 14.5. The van der Waals surface area contributed by atoms with Crippen LogP contribution in [0.15, 0.2) is 224 Å². The lowest BCUT2D eigenvalue weighted by molar-refractivity contribution is 0.794. The number of nitrogens with zero attached hydrogens (tertiary/aromatic N) is 3. The van der Waals surface area contributed by atoms with Crippen LogP contribution in [0.5, 0.6) is 0 Å². The molecule has 2 aliphatic carbocycles. The summed E-state index contributed by atoms with van der Waals surface area (Å²) in [6, 6.07) is 84.5. The SMILES string of the molecule is Cc1ccc(N2c3ccc(C)cc3B3c4cc(C)ccc4N(c4ccc5c(c4)-c4ccccc4C54c5ccccc5-c5ccccc54)c4cc(N(c5ccccc5)c5ccccc5)cc2c43)cc1. The van der Waals surface area contributed by atoms with Crippen molar-refractivity contribution in [2.75, 3.05) is 14.7 Å². The van der Waals surface area contributed by atoms with Crippen LogP contribution in [0.1, 0.15) is 38.9 Å². The zero-order valence-electron chi connectivity index (χ0n) is 38.3. The average molecular weight is 868 g/mol. The van der Waals surface area contributed by atoms with E-state index in [2.05, 4.69) is 260 Å². The lowest BCUT2D eigenvalue weighted by Crippen LogP contribution is -2.61. The number of para-hydroxylation sites is 2. The summed E-state index contributed by atoms with van der Waals surface area (Å²) in [5, 5.41) is 0. The van der Waals surface area contributed by atoms with Gasteiger partial charge in [-0.3, -0.25) is 0 Å². The Kier molecular flexibility index (Phi) is 8.34. The van der Waals surface area contributed by atoms with Gasteiger partial charge < -0.3 is 14.7 Å². The van der Waals surface area contributed by atoms with Gasteiger partial charge in [-0.1, -0.05) is 168 Å². The Morgan fingerprint density at radius 2 is 0.765 bits per heavy atom. The molecule has 0 fully saturated rings. The largest absolute Gasteiger partial charge is 0.311 e. The molecule has 0 N–H and O–H groups in total. The molecule has 68 heavy (non-hydrogen) atoms. The van der Waals surface area contributed by atoms with Crippen LogP contribution in [0.25, 0.3) is 22.3 Å². The van der Waals surface area contributed by atoms with E-state index in [4.69, 9.17) is 0 Å². The molecule has 0 bridgehead atoms. The van der Waals surface area contributed by atoms with E-state index in [-0.39, 0.29) is 6.71 Å². The van der Waals surface area contributed by atoms with Crippen molar-refractivity contribution < 1.29 is 0 Å². The summed E-state index contributed by atoms with van der Waals surface area (Å²) >= 11 is 0. The van der Waals surface area contributed by atoms with Gasteiger partial charge in [0.2, 0.25) is 0 Å². The number of fused-ring (bicyclic) bond motifs is 14. The van der Waals surface area contributed by atoms with Crippen molar-refractivity contribution in [1.82, 2.24) is 0 Å². The first kappa shape index (κ1) is 38.9. The number of hydrogen-bond donors (Lipinski definition) is 0. The summed E-state index contributed by atoms with van der Waals surface area (Å²) in [5.41, 5.74) is 28.2. The summed E-state index contributed by atoms with van der Waals surface area (Å²) in [6.07, 6.45) is 0. The normalized spacial score (nSPS) is 13.8. The lowest BCUT2D eigenvalue weighted by atomic mass is 9.33. The molecule has 4 aliphatic rings. The lowest BCUT2D eigenvalue weighted by Gasteiger charge is -2.45. The minimum Gasteiger partial charge on any atom is -0.311 e. The van der Waals surface area contributed by atoms with E-state index in [1.807, 2.05) is 0 Å². The molecule has 1 spiro atoms. The number of benzene rings is 10. The summed E-state index contributed by atoms with van der Waals surface area (Å²) in [7, 11) is 0. The van der Waals surface area contributed by atoms with E-state index in [1.54, 1.807) is 0 Å². The topological polar surface area (TPSA) is 9.72 Å². The van der Waals surface area contributed by atoms with Crippen molar-refractivity contribution >= 4 is 74.3 Å². The van der Waals surface area contributed by atoms with Crippen molar-refractivity contribution in [3.8, 4) is 22.3 Å². The molecule has 14 rings (SSSR count). The second kappa shape index (κ2) is 14.6. The highest BCUT2D eigenvalue weighted by Gasteiger charge is 2.52. The van der Waals surface area contributed by atoms with Gasteiger partial charge in [0.25, 0.3) is 6.71 Å². The Bertz CT molecular complexity index is 3610. The molecule has 0 radical (unpaired) electrons. The Morgan fingerprint density at radius 3 is 1.29 bits per heavy atom. The van der Waals surface area contributed by atoms with Crippen molar-refractivity contribution in [3.05, 3.63) is 263 Å². The maximum Gasteiger partial charge on any atom is 0.252 e. The molecule has 2 aliphatic heterocycles. The van der Waals surface area contributed by atoms with Gasteiger partial charge in [0.1, 0.15) is 0 Å². The van der Waals surface area contributed by atoms with Crippen molar-refractivity contribution in [3.63, 3.8) is 0 Å². The molecule has 0 saturated carbocycles. The van der Waals surface area contributed by atoms with Crippen molar-refractivity contribution in [1.29, 1.82) is 0 Å². The minimum absolute atomic E-state index is 0.00335. The number of hydrogen-bond acceptors (Lipinski definition) is 3. The highest BCUT2D eigenvalue weighted by atomic mass is 15.2. The van der Waals surface area contributed by atoms with Crippen LogP contribution < -0.4 is 31.1 Å². The Labute approximate surface area is 398 Å². The molecule has 2 heterocycles. The first-order chi connectivity index (χ1) is 33.5. The van der Waals surface area contributed by atoms with Gasteiger partial charge >= 0.3 is 0 Å². The third kappa shape index (κ3) is 5.37. The van der Waals surface area contributed by atoms with Crippen LogP contribution in [0.3, 0.4) is 0 Å². The molecule has 10 aromatic rings. The molecule has 0 saturated heterocycles. The third-order valence-electron chi connectivity index (χ3n) is 15.2. The first-order valence-electron chi connectivity index (χ1n) is 23.9. The molecule has 4 heteroatoms. The second-order valence-electron chi connectivity index (χ2n) is 19.1. The van der Waals surface area contributed by atoms with Gasteiger partial charge in [0.05, 0.1) is 11.1 Å². The fraction of sp³-hybridized carbons (Fsp3) is 0.0625. The van der Waals surface area contributed by atoms with Crippen molar-refractivity contribution in [2.24, 2.45) is 0 Å². The van der Waals surface area contributed by atoms with Crippen LogP contribution in [0.4, 0.5) is 51.2 Å². The van der Waals surface area contributed by atoms with Crippen LogP contribution in [0, 0.1) is 20.8 Å². The predicted molar refractivity (Wildman–Crippen MR) is 286 cm³/mol. The molecule has 320 valence electrons. The molecular formula is C64H46BN3. The quantitative estimate of drug-likeness (QED) is 0.160. The molecule has 0 atom stereocenters. The van der Waals surface area contributed by atoms with Crippen LogP contribution in [0.2, 0.25) is 0 Å². The summed E-state index contributed by atoms with van der Waals surface area (Å²) in [4.78, 5) is 7.53. The van der Waals surface area contributed by atoms with Gasteiger partial charge in [-0.05, 0) is 154 Å². The number of anilines is 9. The monoisotopic (exact) mass is 867 g/mol. The van der Waals surface area contributed by atoms with Crippen LogP contribution in [-0.4, -0.2) is 6.71 Å². The average Bonchev–Trinajstić information content (AvgIpc) is 3.84. The van der Waals surface area contributed by atoms with E-state index in [1.165, 1.54) is 100 Å². The van der Waals surface area contributed by atoms with E-state index < -0.39 is 5.41 Å². The Balaban J connectivity index is 1.08. The van der Waals surface area contributed by atoms with E-state index in [0.717, 1.165) is 28.4 Å². The van der Waals surface area contributed by atoms with E-state index >= 15 is 0 Å². The zero-order chi connectivity index (χ0) is 45.3. The first-order valence-corrected chi connectivity index (χ1v) is 23.9. The Hall–Kier alpha value is -8.34. The number of aryl methyl sites for hydroxylation is 3. The third-order valence-corrected chi connectivity index (χ3v) is 15.2. The van der Waals surface area contributed by atoms with E-state index in [0.29, 0.717) is 0 Å². The van der Waals surface area contributed by atoms with Gasteiger partial charge in [0.15, 0.2) is 0 Å². The fourth-order valence-electron chi connectivity index (χ4n) is 12.4. The maximum atomic E-state index is 2.58. The van der Waals surface area contributed by atoms with Crippen LogP contribution in [-0.2, 0) is 5.41 Å². The molecule has 10 aromatic carbocycles. The van der Waals surface area contributed by atoms with Gasteiger partial charge in [0, 0.05) is 45.5 Å². The van der Waals surface area contributed by atoms with Crippen molar-refractivity contribution in [2.45, 2.75) is 26.2 Å². The van der Waals surface area contributed by atoms with Gasteiger partial charge in [-0.2, -0.15) is 0 Å². The summed E-state index contributed by atoms with van der Waals surface area (Å²) in [6.45, 7) is 6.65.